The van der Waals surface area contributed by atoms with Gasteiger partial charge in [0.05, 0.1) is 11.4 Å². The fourth-order valence-corrected chi connectivity index (χ4v) is 3.36. The Hall–Kier alpha value is -1.48. The van der Waals surface area contributed by atoms with Gasteiger partial charge in [-0.25, -0.2) is 4.68 Å². The van der Waals surface area contributed by atoms with E-state index in [1.165, 1.54) is 25.7 Å². The molecule has 1 aromatic carbocycles. The number of halogens is 1. The quantitative estimate of drug-likeness (QED) is 0.873. The van der Waals surface area contributed by atoms with E-state index in [-0.39, 0.29) is 0 Å². The number of hydrogen-bond acceptors (Lipinski definition) is 2. The van der Waals surface area contributed by atoms with Gasteiger partial charge in [0.25, 0.3) is 0 Å². The molecule has 1 N–H and O–H groups in total. The summed E-state index contributed by atoms with van der Waals surface area (Å²) in [5, 5.41) is 8.82. The van der Waals surface area contributed by atoms with Crippen LogP contribution in [0.5, 0.6) is 0 Å². The van der Waals surface area contributed by atoms with Crippen LogP contribution in [0.1, 0.15) is 39.5 Å². The van der Waals surface area contributed by atoms with Crippen LogP contribution in [0.15, 0.2) is 36.7 Å². The van der Waals surface area contributed by atoms with E-state index in [2.05, 4.69) is 24.3 Å². The molecule has 3 rings (SSSR count). The van der Waals surface area contributed by atoms with Gasteiger partial charge in [-0.2, -0.15) is 5.10 Å². The fraction of sp³-hybridized carbons (Fsp3) is 0.471. The SMILES string of the molecule is CC1(C)CCCCC1Nc1cc(Cl)ccc1-n1cccn1. The van der Waals surface area contributed by atoms with Crippen LogP contribution in [0.3, 0.4) is 0 Å². The highest BCUT2D eigenvalue weighted by Crippen LogP contribution is 2.38. The van der Waals surface area contributed by atoms with E-state index in [0.717, 1.165) is 16.4 Å². The third kappa shape index (κ3) is 3.08. The molecule has 0 radical (unpaired) electrons. The zero-order valence-corrected chi connectivity index (χ0v) is 13.4. The first kappa shape index (κ1) is 14.5. The van der Waals surface area contributed by atoms with Crippen molar-refractivity contribution >= 4 is 17.3 Å². The van der Waals surface area contributed by atoms with E-state index < -0.39 is 0 Å². The molecule has 1 atom stereocenters. The number of nitrogens with zero attached hydrogens (tertiary/aromatic N) is 2. The van der Waals surface area contributed by atoms with Crippen molar-refractivity contribution in [3.63, 3.8) is 0 Å². The van der Waals surface area contributed by atoms with Gasteiger partial charge in [0.1, 0.15) is 0 Å². The lowest BCUT2D eigenvalue weighted by atomic mass is 9.73. The smallest absolute Gasteiger partial charge is 0.0877 e. The van der Waals surface area contributed by atoms with Crippen LogP contribution in [0.4, 0.5) is 5.69 Å². The van der Waals surface area contributed by atoms with Gasteiger partial charge in [0.2, 0.25) is 0 Å². The summed E-state index contributed by atoms with van der Waals surface area (Å²) >= 11 is 6.20. The Labute approximate surface area is 131 Å². The first-order valence-electron chi connectivity index (χ1n) is 7.62. The second-order valence-corrected chi connectivity index (χ2v) is 6.98. The first-order valence-corrected chi connectivity index (χ1v) is 8.00. The van der Waals surface area contributed by atoms with Crippen molar-refractivity contribution in [2.45, 2.75) is 45.6 Å². The zero-order chi connectivity index (χ0) is 14.9. The van der Waals surface area contributed by atoms with Crippen LogP contribution in [0.25, 0.3) is 5.69 Å². The largest absolute Gasteiger partial charge is 0.380 e. The molecule has 112 valence electrons. The summed E-state index contributed by atoms with van der Waals surface area (Å²) in [4.78, 5) is 0. The van der Waals surface area contributed by atoms with Gasteiger partial charge in [-0.1, -0.05) is 38.3 Å². The van der Waals surface area contributed by atoms with E-state index in [4.69, 9.17) is 11.6 Å². The molecule has 21 heavy (non-hydrogen) atoms. The molecular weight excluding hydrogens is 282 g/mol. The average Bonchev–Trinajstić information content (AvgIpc) is 2.95. The van der Waals surface area contributed by atoms with Gasteiger partial charge in [-0.15, -0.1) is 0 Å². The molecule has 1 aromatic heterocycles. The highest BCUT2D eigenvalue weighted by Gasteiger charge is 2.32. The molecule has 0 aliphatic heterocycles. The maximum absolute atomic E-state index is 6.20. The van der Waals surface area contributed by atoms with Crippen molar-refractivity contribution in [1.82, 2.24) is 9.78 Å². The lowest BCUT2D eigenvalue weighted by Gasteiger charge is -2.40. The molecule has 1 aliphatic rings. The van der Waals surface area contributed by atoms with E-state index in [1.807, 2.05) is 35.1 Å². The molecule has 1 heterocycles. The molecule has 0 bridgehead atoms. The molecule has 0 spiro atoms. The lowest BCUT2D eigenvalue weighted by molar-refractivity contribution is 0.217. The van der Waals surface area contributed by atoms with E-state index in [0.29, 0.717) is 11.5 Å². The topological polar surface area (TPSA) is 29.9 Å². The summed E-state index contributed by atoms with van der Waals surface area (Å²) in [6.07, 6.45) is 8.84. The fourth-order valence-electron chi connectivity index (χ4n) is 3.18. The van der Waals surface area contributed by atoms with Gasteiger partial charge in [0, 0.05) is 23.5 Å². The normalized spacial score (nSPS) is 21.2. The Morgan fingerprint density at radius 2 is 2.19 bits per heavy atom. The second-order valence-electron chi connectivity index (χ2n) is 6.54. The molecule has 1 saturated carbocycles. The summed E-state index contributed by atoms with van der Waals surface area (Å²) in [6, 6.07) is 8.34. The number of aromatic nitrogens is 2. The molecular formula is C17H22ClN3. The Morgan fingerprint density at radius 1 is 1.33 bits per heavy atom. The van der Waals surface area contributed by atoms with E-state index in [9.17, 15) is 0 Å². The van der Waals surface area contributed by atoms with Gasteiger partial charge >= 0.3 is 0 Å². The van der Waals surface area contributed by atoms with Crippen LogP contribution in [0, 0.1) is 5.41 Å². The molecule has 1 fully saturated rings. The van der Waals surface area contributed by atoms with Crippen molar-refractivity contribution in [3.8, 4) is 5.69 Å². The van der Waals surface area contributed by atoms with E-state index in [1.54, 1.807) is 6.20 Å². The van der Waals surface area contributed by atoms with Gasteiger partial charge in [-0.05, 0) is 42.5 Å². The highest BCUT2D eigenvalue weighted by molar-refractivity contribution is 6.31. The minimum Gasteiger partial charge on any atom is -0.380 e. The minimum absolute atomic E-state index is 0.307. The van der Waals surface area contributed by atoms with Gasteiger partial charge in [-0.3, -0.25) is 0 Å². The Morgan fingerprint density at radius 3 is 2.90 bits per heavy atom. The van der Waals surface area contributed by atoms with Crippen LogP contribution in [0.2, 0.25) is 5.02 Å². The predicted octanol–water partition coefficient (Wildman–Crippen LogP) is 4.91. The summed E-state index contributed by atoms with van der Waals surface area (Å²) in [6.45, 7) is 4.70. The van der Waals surface area contributed by atoms with Crippen LogP contribution in [-0.4, -0.2) is 15.8 Å². The number of benzene rings is 1. The summed E-state index contributed by atoms with van der Waals surface area (Å²) < 4.78 is 1.88. The first-order chi connectivity index (χ1) is 10.1. The Bertz CT molecular complexity index is 605. The van der Waals surface area contributed by atoms with Crippen molar-refractivity contribution in [2.24, 2.45) is 5.41 Å². The maximum atomic E-state index is 6.20. The predicted molar refractivity (Wildman–Crippen MR) is 88.2 cm³/mol. The van der Waals surface area contributed by atoms with Crippen LogP contribution in [-0.2, 0) is 0 Å². The van der Waals surface area contributed by atoms with Crippen LogP contribution < -0.4 is 5.32 Å². The molecule has 1 unspecified atom stereocenters. The maximum Gasteiger partial charge on any atom is 0.0877 e. The molecule has 0 amide bonds. The van der Waals surface area contributed by atoms with Crippen molar-refractivity contribution < 1.29 is 0 Å². The molecule has 2 aromatic rings. The summed E-state index contributed by atoms with van der Waals surface area (Å²) in [5.41, 5.74) is 2.42. The molecule has 3 nitrogen and oxygen atoms in total. The zero-order valence-electron chi connectivity index (χ0n) is 12.6. The Balaban J connectivity index is 1.92. The molecule has 1 aliphatic carbocycles. The monoisotopic (exact) mass is 303 g/mol. The van der Waals surface area contributed by atoms with Crippen molar-refractivity contribution in [3.05, 3.63) is 41.7 Å². The third-order valence-electron chi connectivity index (χ3n) is 4.55. The number of nitrogens with one attached hydrogen (secondary N) is 1. The van der Waals surface area contributed by atoms with Gasteiger partial charge < -0.3 is 5.32 Å². The molecule has 0 saturated heterocycles. The second kappa shape index (κ2) is 5.72. The number of rotatable bonds is 3. The number of anilines is 1. The lowest BCUT2D eigenvalue weighted by Crippen LogP contribution is -2.39. The van der Waals surface area contributed by atoms with Crippen molar-refractivity contribution in [1.29, 1.82) is 0 Å². The van der Waals surface area contributed by atoms with Crippen LogP contribution >= 0.6 is 11.6 Å². The standard InChI is InChI=1S/C17H22ClN3/c1-17(2)9-4-3-6-16(17)20-14-12-13(18)7-8-15(14)21-11-5-10-19-21/h5,7-8,10-12,16,20H,3-4,6,9H2,1-2H3. The molecule has 4 heteroatoms. The third-order valence-corrected chi connectivity index (χ3v) is 4.78. The summed E-state index contributed by atoms with van der Waals surface area (Å²) in [5.74, 6) is 0. The van der Waals surface area contributed by atoms with Gasteiger partial charge in [0.15, 0.2) is 0 Å². The average molecular weight is 304 g/mol. The minimum atomic E-state index is 0.307. The van der Waals surface area contributed by atoms with Crippen molar-refractivity contribution in [2.75, 3.05) is 5.32 Å². The Kier molecular flexibility index (Phi) is 3.94. The number of hydrogen-bond donors (Lipinski definition) is 1. The summed E-state index contributed by atoms with van der Waals surface area (Å²) in [7, 11) is 0. The highest BCUT2D eigenvalue weighted by atomic mass is 35.5. The van der Waals surface area contributed by atoms with E-state index >= 15 is 0 Å².